The van der Waals surface area contributed by atoms with Crippen molar-refractivity contribution >= 4 is 11.9 Å². The molecule has 0 aromatic carbocycles. The van der Waals surface area contributed by atoms with Crippen molar-refractivity contribution in [2.75, 3.05) is 0 Å². The van der Waals surface area contributed by atoms with Crippen molar-refractivity contribution in [3.05, 3.63) is 0 Å². The lowest BCUT2D eigenvalue weighted by Gasteiger charge is -2.61. The predicted molar refractivity (Wildman–Crippen MR) is 82.2 cm³/mol. The Balaban J connectivity index is 1.78. The van der Waals surface area contributed by atoms with Crippen LogP contribution in [0.15, 0.2) is 0 Å². The van der Waals surface area contributed by atoms with Gasteiger partial charge in [-0.2, -0.15) is 0 Å². The second-order valence-electron chi connectivity index (χ2n) is 8.94. The Labute approximate surface area is 132 Å². The lowest BCUT2D eigenvalue weighted by molar-refractivity contribution is -0.171. The molecule has 4 saturated carbocycles. The van der Waals surface area contributed by atoms with Gasteiger partial charge in [0.2, 0.25) is 0 Å². The minimum absolute atomic E-state index is 0.155. The lowest BCUT2D eigenvalue weighted by atomic mass is 9.44. The first-order valence-corrected chi connectivity index (χ1v) is 8.60. The molecule has 3 atom stereocenters. The van der Waals surface area contributed by atoms with Gasteiger partial charge >= 0.3 is 11.9 Å². The van der Waals surface area contributed by atoms with Crippen molar-refractivity contribution in [2.45, 2.75) is 71.3 Å². The minimum atomic E-state index is -0.712. The molecule has 124 valence electrons. The highest BCUT2D eigenvalue weighted by molar-refractivity contribution is 5.71. The second-order valence-corrected chi connectivity index (χ2v) is 8.94. The summed E-state index contributed by atoms with van der Waals surface area (Å²) in [4.78, 5) is 23.7. The van der Waals surface area contributed by atoms with Gasteiger partial charge in [-0.25, -0.2) is 0 Å². The zero-order valence-electron chi connectivity index (χ0n) is 13.9. The summed E-state index contributed by atoms with van der Waals surface area (Å²) in [6, 6.07) is 0. The Morgan fingerprint density at radius 2 is 1.73 bits per heavy atom. The van der Waals surface area contributed by atoms with E-state index in [1.807, 2.05) is 20.8 Å². The summed E-state index contributed by atoms with van der Waals surface area (Å²) in [5.41, 5.74) is -0.625. The van der Waals surface area contributed by atoms with Crippen LogP contribution in [0.25, 0.3) is 0 Å². The molecule has 4 aliphatic carbocycles. The Hall–Kier alpha value is -1.06. The van der Waals surface area contributed by atoms with Gasteiger partial charge in [-0.05, 0) is 82.0 Å². The van der Waals surface area contributed by atoms with Gasteiger partial charge in [0.05, 0.1) is 6.42 Å². The highest BCUT2D eigenvalue weighted by atomic mass is 16.6. The zero-order chi connectivity index (χ0) is 16.1. The fraction of sp³-hybridized carbons (Fsp3) is 0.889. The Bertz CT molecular complexity index is 462. The quantitative estimate of drug-likeness (QED) is 0.805. The summed E-state index contributed by atoms with van der Waals surface area (Å²) in [5.74, 6) is 1.23. The van der Waals surface area contributed by atoms with Gasteiger partial charge in [-0.1, -0.05) is 0 Å². The number of hydrogen-bond donors (Lipinski definition) is 1. The molecule has 4 bridgehead atoms. The fourth-order valence-corrected chi connectivity index (χ4v) is 5.84. The number of carbonyl (C=O) groups excluding carboxylic acids is 1. The molecule has 0 saturated heterocycles. The Morgan fingerprint density at radius 3 is 2.23 bits per heavy atom. The van der Waals surface area contributed by atoms with Crippen LogP contribution in [0.1, 0.15) is 65.7 Å². The molecule has 0 aliphatic heterocycles. The van der Waals surface area contributed by atoms with E-state index in [9.17, 15) is 14.7 Å². The molecule has 0 aromatic rings. The highest BCUT2D eigenvalue weighted by Gasteiger charge is 2.57. The summed E-state index contributed by atoms with van der Waals surface area (Å²) in [6.07, 6.45) is 6.27. The van der Waals surface area contributed by atoms with Gasteiger partial charge in [0.25, 0.3) is 0 Å². The van der Waals surface area contributed by atoms with E-state index in [1.54, 1.807) is 0 Å². The van der Waals surface area contributed by atoms with E-state index in [2.05, 4.69) is 0 Å². The predicted octanol–water partition coefficient (Wildman–Crippen LogP) is 3.64. The van der Waals surface area contributed by atoms with E-state index in [-0.39, 0.29) is 23.7 Å². The van der Waals surface area contributed by atoms with Gasteiger partial charge in [0.15, 0.2) is 0 Å². The van der Waals surface area contributed by atoms with Crippen LogP contribution in [-0.4, -0.2) is 22.6 Å². The summed E-state index contributed by atoms with van der Waals surface area (Å²) >= 11 is 0. The van der Waals surface area contributed by atoms with E-state index in [4.69, 9.17) is 4.74 Å². The first kappa shape index (κ1) is 15.8. The minimum Gasteiger partial charge on any atom is -0.481 e. The molecule has 0 radical (unpaired) electrons. The molecule has 4 rings (SSSR count). The molecule has 0 aromatic heterocycles. The average molecular weight is 308 g/mol. The molecule has 1 N–H and O–H groups in total. The van der Waals surface area contributed by atoms with E-state index < -0.39 is 11.6 Å². The third-order valence-corrected chi connectivity index (χ3v) is 5.99. The zero-order valence-corrected chi connectivity index (χ0v) is 13.9. The number of carboxylic acids is 1. The Morgan fingerprint density at radius 1 is 1.14 bits per heavy atom. The maximum absolute atomic E-state index is 12.3. The highest BCUT2D eigenvalue weighted by Crippen LogP contribution is 2.65. The van der Waals surface area contributed by atoms with Crippen LogP contribution in [0.2, 0.25) is 0 Å². The van der Waals surface area contributed by atoms with Crippen molar-refractivity contribution in [3.8, 4) is 0 Å². The normalized spacial score (nSPS) is 39.8. The van der Waals surface area contributed by atoms with Gasteiger partial charge in [-0.3, -0.25) is 9.59 Å². The number of ether oxygens (including phenoxy) is 1. The summed E-state index contributed by atoms with van der Waals surface area (Å²) < 4.78 is 5.51. The van der Waals surface area contributed by atoms with Crippen LogP contribution in [0.3, 0.4) is 0 Å². The van der Waals surface area contributed by atoms with E-state index in [0.29, 0.717) is 24.2 Å². The maximum Gasteiger partial charge on any atom is 0.306 e. The van der Waals surface area contributed by atoms with Crippen molar-refractivity contribution in [1.82, 2.24) is 0 Å². The molecule has 3 unspecified atom stereocenters. The van der Waals surface area contributed by atoms with E-state index in [0.717, 1.165) is 12.8 Å². The molecule has 0 amide bonds. The summed E-state index contributed by atoms with van der Waals surface area (Å²) in [7, 11) is 0. The third-order valence-electron chi connectivity index (χ3n) is 5.99. The van der Waals surface area contributed by atoms with E-state index >= 15 is 0 Å². The second kappa shape index (κ2) is 5.24. The van der Waals surface area contributed by atoms with Gasteiger partial charge in [-0.15, -0.1) is 0 Å². The molecule has 0 heterocycles. The molecule has 0 spiro atoms. The van der Waals surface area contributed by atoms with Crippen LogP contribution in [0.5, 0.6) is 0 Å². The van der Waals surface area contributed by atoms with Crippen molar-refractivity contribution in [2.24, 2.45) is 29.1 Å². The van der Waals surface area contributed by atoms with Crippen molar-refractivity contribution < 1.29 is 19.4 Å². The number of aliphatic carboxylic acids is 1. The topological polar surface area (TPSA) is 63.6 Å². The molecule has 4 fully saturated rings. The molecule has 4 aliphatic rings. The number of hydrogen-bond acceptors (Lipinski definition) is 3. The van der Waals surface area contributed by atoms with Crippen molar-refractivity contribution in [3.63, 3.8) is 0 Å². The lowest BCUT2D eigenvalue weighted by Crippen LogP contribution is -2.54. The largest absolute Gasteiger partial charge is 0.481 e. The van der Waals surface area contributed by atoms with Crippen LogP contribution < -0.4 is 0 Å². The molecular formula is C18H28O4. The average Bonchev–Trinajstić information content (AvgIpc) is 2.29. The van der Waals surface area contributed by atoms with Crippen molar-refractivity contribution in [1.29, 1.82) is 0 Å². The third kappa shape index (κ3) is 3.02. The summed E-state index contributed by atoms with van der Waals surface area (Å²) in [6.45, 7) is 5.65. The van der Waals surface area contributed by atoms with Crippen LogP contribution in [0, 0.1) is 29.1 Å². The van der Waals surface area contributed by atoms with Crippen LogP contribution in [0.4, 0.5) is 0 Å². The smallest absolute Gasteiger partial charge is 0.306 e. The fourth-order valence-electron chi connectivity index (χ4n) is 5.84. The monoisotopic (exact) mass is 308 g/mol. The molecule has 4 heteroatoms. The van der Waals surface area contributed by atoms with Gasteiger partial charge < -0.3 is 9.84 Å². The Kier molecular flexibility index (Phi) is 3.77. The molecule has 4 nitrogen and oxygen atoms in total. The van der Waals surface area contributed by atoms with Crippen LogP contribution >= 0.6 is 0 Å². The SMILES string of the molecule is CC(C)(C)OC(=O)CC1C2CC3CC(C2)CC1(CC(=O)O)C3. The van der Waals surface area contributed by atoms with E-state index in [1.165, 1.54) is 19.3 Å². The standard InChI is InChI=1S/C18H28O4/c1-17(2,3)22-16(21)7-14-13-5-11-4-12(6-13)9-18(14,8-11)10-15(19)20/h11-14H,4-10H2,1-3H3,(H,19,20). The van der Waals surface area contributed by atoms with Gasteiger partial charge in [0, 0.05) is 6.42 Å². The van der Waals surface area contributed by atoms with Crippen LogP contribution in [-0.2, 0) is 14.3 Å². The molecule has 22 heavy (non-hydrogen) atoms. The number of carbonyl (C=O) groups is 2. The number of rotatable bonds is 4. The molecular weight excluding hydrogens is 280 g/mol. The first-order chi connectivity index (χ1) is 10.2. The van der Waals surface area contributed by atoms with Gasteiger partial charge in [0.1, 0.15) is 5.60 Å². The first-order valence-electron chi connectivity index (χ1n) is 8.60. The number of esters is 1. The maximum atomic E-state index is 12.3. The number of carboxylic acid groups (broad SMARTS) is 1. The summed E-state index contributed by atoms with van der Waals surface area (Å²) in [5, 5.41) is 9.40.